The molecule has 4 nitrogen and oxygen atoms in total. The molecule has 1 saturated heterocycles. The van der Waals surface area contributed by atoms with Crippen molar-refractivity contribution < 1.29 is 18.3 Å². The molecule has 1 amide bonds. The molecule has 1 aromatic rings. The zero-order valence-corrected chi connectivity index (χ0v) is 10.0. The molecule has 1 aromatic heterocycles. The van der Waals surface area contributed by atoms with Crippen LogP contribution in [-0.2, 0) is 4.74 Å². The summed E-state index contributed by atoms with van der Waals surface area (Å²) in [6.07, 6.45) is 1.56. The molecule has 0 radical (unpaired) electrons. The van der Waals surface area contributed by atoms with Crippen molar-refractivity contribution in [1.82, 2.24) is 9.88 Å². The second-order valence-electron chi connectivity index (χ2n) is 4.12. The lowest BCUT2D eigenvalue weighted by atomic mass is 10.1. The number of aromatic nitrogens is 1. The Morgan fingerprint density at radius 1 is 1.61 bits per heavy atom. The molecule has 0 bridgehead atoms. The number of hydrogen-bond acceptors (Lipinski definition) is 3. The fourth-order valence-corrected chi connectivity index (χ4v) is 1.97. The van der Waals surface area contributed by atoms with Gasteiger partial charge in [-0.25, -0.2) is 13.8 Å². The highest BCUT2D eigenvalue weighted by Crippen LogP contribution is 2.16. The van der Waals surface area contributed by atoms with Crippen LogP contribution in [0, 0.1) is 11.6 Å². The van der Waals surface area contributed by atoms with E-state index >= 15 is 0 Å². The molecule has 2 rings (SSSR count). The van der Waals surface area contributed by atoms with Crippen molar-refractivity contribution in [2.75, 3.05) is 19.8 Å². The number of carbonyl (C=O) groups is 1. The van der Waals surface area contributed by atoms with E-state index in [4.69, 9.17) is 4.74 Å². The van der Waals surface area contributed by atoms with Gasteiger partial charge in [0.15, 0.2) is 11.5 Å². The summed E-state index contributed by atoms with van der Waals surface area (Å²) in [6.45, 7) is 3.18. The number of nitrogens with zero attached hydrogens (tertiary/aromatic N) is 2. The summed E-state index contributed by atoms with van der Waals surface area (Å²) < 4.78 is 31.5. The third-order valence-electron chi connectivity index (χ3n) is 2.97. The number of halogens is 2. The summed E-state index contributed by atoms with van der Waals surface area (Å²) in [6, 6.07) is 0.583. The van der Waals surface area contributed by atoms with Gasteiger partial charge in [0.25, 0.3) is 5.91 Å². The highest BCUT2D eigenvalue weighted by Gasteiger charge is 2.29. The SMILES string of the molecule is CC[C@H]1COCCN1C(=O)c1ncc(F)cc1F. The Hall–Kier alpha value is -1.56. The minimum atomic E-state index is -0.929. The third kappa shape index (κ3) is 2.48. The van der Waals surface area contributed by atoms with Gasteiger partial charge in [-0.3, -0.25) is 4.79 Å². The van der Waals surface area contributed by atoms with Gasteiger partial charge in [0.2, 0.25) is 0 Å². The van der Waals surface area contributed by atoms with Gasteiger partial charge in [-0.2, -0.15) is 0 Å². The molecule has 0 aliphatic carbocycles. The Balaban J connectivity index is 2.24. The number of amides is 1. The third-order valence-corrected chi connectivity index (χ3v) is 2.97. The van der Waals surface area contributed by atoms with Crippen LogP contribution in [0.4, 0.5) is 8.78 Å². The Bertz CT molecular complexity index is 454. The minimum Gasteiger partial charge on any atom is -0.377 e. The monoisotopic (exact) mass is 256 g/mol. The lowest BCUT2D eigenvalue weighted by Crippen LogP contribution is -2.48. The van der Waals surface area contributed by atoms with E-state index in [9.17, 15) is 13.6 Å². The smallest absolute Gasteiger partial charge is 0.275 e. The zero-order valence-electron chi connectivity index (χ0n) is 10.0. The number of pyridine rings is 1. The van der Waals surface area contributed by atoms with E-state index in [1.807, 2.05) is 6.92 Å². The molecule has 0 saturated carbocycles. The normalized spacial score (nSPS) is 19.9. The molecule has 2 heterocycles. The second kappa shape index (κ2) is 5.39. The molecule has 1 fully saturated rings. The van der Waals surface area contributed by atoms with Gasteiger partial charge in [-0.15, -0.1) is 0 Å². The van der Waals surface area contributed by atoms with Crippen LogP contribution in [0.3, 0.4) is 0 Å². The predicted molar refractivity (Wildman–Crippen MR) is 60.1 cm³/mol. The predicted octanol–water partition coefficient (Wildman–Crippen LogP) is 1.61. The van der Waals surface area contributed by atoms with Crippen molar-refractivity contribution in [3.8, 4) is 0 Å². The van der Waals surface area contributed by atoms with Gasteiger partial charge in [0, 0.05) is 12.6 Å². The van der Waals surface area contributed by atoms with Crippen molar-refractivity contribution in [1.29, 1.82) is 0 Å². The number of carbonyl (C=O) groups excluding carboxylic acids is 1. The first-order valence-electron chi connectivity index (χ1n) is 5.83. The van der Waals surface area contributed by atoms with Gasteiger partial charge in [-0.1, -0.05) is 6.92 Å². The number of ether oxygens (including phenoxy) is 1. The summed E-state index contributed by atoms with van der Waals surface area (Å²) in [7, 11) is 0. The van der Waals surface area contributed by atoms with Crippen molar-refractivity contribution in [2.24, 2.45) is 0 Å². The van der Waals surface area contributed by atoms with Gasteiger partial charge in [-0.05, 0) is 6.42 Å². The molecule has 1 aliphatic rings. The van der Waals surface area contributed by atoms with E-state index in [-0.39, 0.29) is 11.7 Å². The molecular formula is C12H14F2N2O2. The Morgan fingerprint density at radius 2 is 2.39 bits per heavy atom. The maximum absolute atomic E-state index is 13.5. The summed E-state index contributed by atoms with van der Waals surface area (Å²) in [4.78, 5) is 17.2. The fourth-order valence-electron chi connectivity index (χ4n) is 1.97. The van der Waals surface area contributed by atoms with Gasteiger partial charge in [0.05, 0.1) is 25.5 Å². The van der Waals surface area contributed by atoms with E-state index in [0.29, 0.717) is 32.2 Å². The van der Waals surface area contributed by atoms with Crippen molar-refractivity contribution in [3.63, 3.8) is 0 Å². The average Bonchev–Trinajstić information content (AvgIpc) is 2.38. The first-order valence-corrected chi connectivity index (χ1v) is 5.83. The average molecular weight is 256 g/mol. The topological polar surface area (TPSA) is 42.4 Å². The van der Waals surface area contributed by atoms with Crippen LogP contribution in [0.2, 0.25) is 0 Å². The van der Waals surface area contributed by atoms with Crippen LogP contribution in [0.5, 0.6) is 0 Å². The Labute approximate surface area is 104 Å². The molecule has 1 aliphatic heterocycles. The lowest BCUT2D eigenvalue weighted by Gasteiger charge is -2.34. The highest BCUT2D eigenvalue weighted by molar-refractivity contribution is 5.92. The van der Waals surface area contributed by atoms with Crippen LogP contribution in [0.25, 0.3) is 0 Å². The van der Waals surface area contributed by atoms with Crippen LogP contribution in [-0.4, -0.2) is 41.6 Å². The largest absolute Gasteiger partial charge is 0.377 e. The lowest BCUT2D eigenvalue weighted by molar-refractivity contribution is -0.00337. The van der Waals surface area contributed by atoms with Gasteiger partial charge < -0.3 is 9.64 Å². The molecule has 98 valence electrons. The quantitative estimate of drug-likeness (QED) is 0.807. The second-order valence-corrected chi connectivity index (χ2v) is 4.12. The standard InChI is InChI=1S/C12H14F2N2O2/c1-2-9-7-18-4-3-16(9)12(17)11-10(14)5-8(13)6-15-11/h5-6,9H,2-4,7H2,1H3/t9-/m0/s1. The Morgan fingerprint density at radius 3 is 3.06 bits per heavy atom. The first kappa shape index (κ1) is 12.9. The maximum Gasteiger partial charge on any atom is 0.275 e. The fraction of sp³-hybridized carbons (Fsp3) is 0.500. The maximum atomic E-state index is 13.5. The summed E-state index contributed by atoms with van der Waals surface area (Å²) in [5, 5.41) is 0. The highest BCUT2D eigenvalue weighted by atomic mass is 19.1. The van der Waals surface area contributed by atoms with E-state index in [0.717, 1.165) is 6.20 Å². The van der Waals surface area contributed by atoms with Crippen LogP contribution in [0.1, 0.15) is 23.8 Å². The van der Waals surface area contributed by atoms with E-state index < -0.39 is 17.5 Å². The number of rotatable bonds is 2. The van der Waals surface area contributed by atoms with E-state index in [1.165, 1.54) is 4.90 Å². The first-order chi connectivity index (χ1) is 8.63. The van der Waals surface area contributed by atoms with Crippen molar-refractivity contribution >= 4 is 5.91 Å². The molecule has 0 aromatic carbocycles. The van der Waals surface area contributed by atoms with Gasteiger partial charge in [0.1, 0.15) is 5.82 Å². The molecular weight excluding hydrogens is 242 g/mol. The van der Waals surface area contributed by atoms with Crippen LogP contribution in [0.15, 0.2) is 12.3 Å². The van der Waals surface area contributed by atoms with Gasteiger partial charge >= 0.3 is 0 Å². The molecule has 0 unspecified atom stereocenters. The summed E-state index contributed by atoms with van der Waals surface area (Å²) in [5.41, 5.74) is -0.336. The molecule has 0 N–H and O–H groups in total. The zero-order chi connectivity index (χ0) is 13.1. The van der Waals surface area contributed by atoms with Crippen LogP contribution < -0.4 is 0 Å². The molecule has 0 spiro atoms. The number of morpholine rings is 1. The molecule has 18 heavy (non-hydrogen) atoms. The van der Waals surface area contributed by atoms with Crippen molar-refractivity contribution in [3.05, 3.63) is 29.6 Å². The van der Waals surface area contributed by atoms with Crippen LogP contribution >= 0.6 is 0 Å². The van der Waals surface area contributed by atoms with E-state index in [2.05, 4.69) is 4.98 Å². The Kier molecular flexibility index (Phi) is 3.86. The molecule has 6 heteroatoms. The summed E-state index contributed by atoms with van der Waals surface area (Å²) >= 11 is 0. The van der Waals surface area contributed by atoms with E-state index in [1.54, 1.807) is 0 Å². The van der Waals surface area contributed by atoms with Crippen molar-refractivity contribution in [2.45, 2.75) is 19.4 Å². The molecule has 1 atom stereocenters. The number of hydrogen-bond donors (Lipinski definition) is 0. The minimum absolute atomic E-state index is 0.0856. The summed E-state index contributed by atoms with van der Waals surface area (Å²) in [5.74, 6) is -2.23.